The Labute approximate surface area is 105 Å². The highest BCUT2D eigenvalue weighted by atomic mass is 19.4. The highest BCUT2D eigenvalue weighted by molar-refractivity contribution is 5.36. The molecule has 100 valence electrons. The fourth-order valence-corrected chi connectivity index (χ4v) is 2.75. The summed E-state index contributed by atoms with van der Waals surface area (Å²) < 4.78 is 37.8. The first kappa shape index (κ1) is 13.4. The molecule has 0 radical (unpaired) electrons. The number of benzene rings is 1. The van der Waals surface area contributed by atoms with Crippen LogP contribution in [0, 0.1) is 12.8 Å². The lowest BCUT2D eigenvalue weighted by Gasteiger charge is -2.38. The van der Waals surface area contributed by atoms with E-state index in [0.29, 0.717) is 11.8 Å². The lowest BCUT2D eigenvalue weighted by molar-refractivity contribution is -0.137. The molecule has 2 unspecified atom stereocenters. The van der Waals surface area contributed by atoms with E-state index in [2.05, 4.69) is 5.32 Å². The van der Waals surface area contributed by atoms with Crippen LogP contribution in [0.3, 0.4) is 0 Å². The number of alkyl halides is 3. The van der Waals surface area contributed by atoms with E-state index in [1.54, 1.807) is 13.0 Å². The second kappa shape index (κ2) is 4.92. The van der Waals surface area contributed by atoms with Crippen molar-refractivity contribution in [2.45, 2.75) is 31.9 Å². The molecule has 0 aliphatic heterocycles. The Morgan fingerprint density at radius 2 is 2.00 bits per heavy atom. The monoisotopic (exact) mass is 257 g/mol. The molecule has 0 spiro atoms. The van der Waals surface area contributed by atoms with Crippen molar-refractivity contribution in [3.63, 3.8) is 0 Å². The summed E-state index contributed by atoms with van der Waals surface area (Å²) in [6, 6.07) is 4.13. The molecular weight excluding hydrogens is 239 g/mol. The van der Waals surface area contributed by atoms with Crippen molar-refractivity contribution in [3.05, 3.63) is 34.9 Å². The summed E-state index contributed by atoms with van der Waals surface area (Å²) >= 11 is 0. The van der Waals surface area contributed by atoms with E-state index < -0.39 is 11.7 Å². The van der Waals surface area contributed by atoms with E-state index in [4.69, 9.17) is 0 Å². The van der Waals surface area contributed by atoms with Gasteiger partial charge in [0.15, 0.2) is 0 Å². The first-order chi connectivity index (χ1) is 8.43. The van der Waals surface area contributed by atoms with Crippen LogP contribution < -0.4 is 5.32 Å². The second-order valence-corrected chi connectivity index (χ2v) is 5.07. The molecule has 1 fully saturated rings. The van der Waals surface area contributed by atoms with Crippen LogP contribution in [0.2, 0.25) is 0 Å². The minimum Gasteiger partial charge on any atom is -0.319 e. The Morgan fingerprint density at radius 3 is 2.44 bits per heavy atom. The van der Waals surface area contributed by atoms with Gasteiger partial charge in [-0.1, -0.05) is 6.07 Å². The third kappa shape index (κ3) is 2.53. The normalized spacial score (nSPS) is 23.8. The van der Waals surface area contributed by atoms with Crippen LogP contribution in [0.15, 0.2) is 18.2 Å². The van der Waals surface area contributed by atoms with Crippen LogP contribution in [0.25, 0.3) is 0 Å². The van der Waals surface area contributed by atoms with E-state index in [-0.39, 0.29) is 0 Å². The Morgan fingerprint density at radius 1 is 1.28 bits per heavy atom. The lowest BCUT2D eigenvalue weighted by atomic mass is 9.69. The van der Waals surface area contributed by atoms with Gasteiger partial charge in [0, 0.05) is 0 Å². The zero-order chi connectivity index (χ0) is 13.3. The summed E-state index contributed by atoms with van der Waals surface area (Å²) in [7, 11) is 1.91. The van der Waals surface area contributed by atoms with Gasteiger partial charge in [0.2, 0.25) is 0 Å². The molecule has 1 N–H and O–H groups in total. The van der Waals surface area contributed by atoms with Gasteiger partial charge in [0.1, 0.15) is 0 Å². The van der Waals surface area contributed by atoms with Crippen LogP contribution in [-0.4, -0.2) is 13.6 Å². The molecule has 0 bridgehead atoms. The van der Waals surface area contributed by atoms with Crippen molar-refractivity contribution in [1.82, 2.24) is 5.32 Å². The van der Waals surface area contributed by atoms with Crippen molar-refractivity contribution >= 4 is 0 Å². The average Bonchev–Trinajstić information content (AvgIpc) is 2.25. The largest absolute Gasteiger partial charge is 0.416 e. The third-order valence-corrected chi connectivity index (χ3v) is 3.88. The highest BCUT2D eigenvalue weighted by Gasteiger charge is 2.34. The molecule has 1 nitrogen and oxygen atoms in total. The fourth-order valence-electron chi connectivity index (χ4n) is 2.75. The lowest BCUT2D eigenvalue weighted by Crippen LogP contribution is -2.32. The third-order valence-electron chi connectivity index (χ3n) is 3.88. The molecule has 1 aromatic carbocycles. The molecule has 0 aromatic heterocycles. The quantitative estimate of drug-likeness (QED) is 0.870. The Kier molecular flexibility index (Phi) is 3.66. The summed E-state index contributed by atoms with van der Waals surface area (Å²) in [5.74, 6) is 0.977. The van der Waals surface area contributed by atoms with Gasteiger partial charge in [-0.05, 0) is 68.5 Å². The molecule has 0 heterocycles. The average molecular weight is 257 g/mol. The molecule has 1 aromatic rings. The molecule has 0 amide bonds. The molecule has 2 atom stereocenters. The number of nitrogens with one attached hydrogen (secondary N) is 1. The number of halogens is 3. The maximum absolute atomic E-state index is 12.6. The van der Waals surface area contributed by atoms with E-state index in [0.717, 1.165) is 30.5 Å². The molecular formula is C14H18F3N. The molecule has 4 heteroatoms. The van der Waals surface area contributed by atoms with E-state index in [1.165, 1.54) is 12.1 Å². The molecule has 1 saturated carbocycles. The van der Waals surface area contributed by atoms with Crippen LogP contribution in [-0.2, 0) is 6.18 Å². The Bertz CT molecular complexity index is 426. The minimum absolute atomic E-state index is 0.416. The van der Waals surface area contributed by atoms with E-state index in [9.17, 15) is 13.2 Å². The smallest absolute Gasteiger partial charge is 0.319 e. The van der Waals surface area contributed by atoms with Crippen molar-refractivity contribution in [2.24, 2.45) is 5.92 Å². The number of aryl methyl sites for hydroxylation is 1. The van der Waals surface area contributed by atoms with Gasteiger partial charge >= 0.3 is 6.18 Å². The maximum Gasteiger partial charge on any atom is 0.416 e. The van der Waals surface area contributed by atoms with Crippen LogP contribution in [0.5, 0.6) is 0 Å². The van der Waals surface area contributed by atoms with Gasteiger partial charge in [-0.15, -0.1) is 0 Å². The fraction of sp³-hybridized carbons (Fsp3) is 0.571. The summed E-state index contributed by atoms with van der Waals surface area (Å²) in [5.41, 5.74) is 1.29. The zero-order valence-electron chi connectivity index (χ0n) is 10.6. The molecule has 1 aliphatic carbocycles. The zero-order valence-corrected chi connectivity index (χ0v) is 10.6. The van der Waals surface area contributed by atoms with Crippen molar-refractivity contribution < 1.29 is 13.2 Å². The predicted molar refractivity (Wildman–Crippen MR) is 65.6 cm³/mol. The van der Waals surface area contributed by atoms with Crippen molar-refractivity contribution in [3.8, 4) is 0 Å². The maximum atomic E-state index is 12.6. The van der Waals surface area contributed by atoms with E-state index in [1.807, 2.05) is 7.05 Å². The molecule has 1 aliphatic rings. The Hall–Kier alpha value is -1.03. The molecule has 0 saturated heterocycles. The predicted octanol–water partition coefficient (Wildman–Crippen LogP) is 3.73. The van der Waals surface area contributed by atoms with Crippen molar-refractivity contribution in [2.75, 3.05) is 13.6 Å². The number of hydrogen-bond acceptors (Lipinski definition) is 1. The van der Waals surface area contributed by atoms with Gasteiger partial charge in [0.05, 0.1) is 5.56 Å². The van der Waals surface area contributed by atoms with Gasteiger partial charge in [-0.25, -0.2) is 0 Å². The standard InChI is InChI=1S/C14H18F3N/c1-9-7-11(14(15,16)17)4-6-12(9)13-5-3-10(13)8-18-2/h4,6-7,10,13,18H,3,5,8H2,1-2H3. The molecule has 18 heavy (non-hydrogen) atoms. The van der Waals surface area contributed by atoms with Gasteiger partial charge in [0.25, 0.3) is 0 Å². The van der Waals surface area contributed by atoms with Gasteiger partial charge < -0.3 is 5.32 Å². The van der Waals surface area contributed by atoms with Crippen LogP contribution in [0.4, 0.5) is 13.2 Å². The topological polar surface area (TPSA) is 12.0 Å². The number of rotatable bonds is 3. The first-order valence-corrected chi connectivity index (χ1v) is 6.26. The molecule has 2 rings (SSSR count). The summed E-state index contributed by atoms with van der Waals surface area (Å²) in [5, 5.41) is 3.14. The summed E-state index contributed by atoms with van der Waals surface area (Å²) in [6.45, 7) is 2.71. The summed E-state index contributed by atoms with van der Waals surface area (Å²) in [6.07, 6.45) is -2.00. The first-order valence-electron chi connectivity index (χ1n) is 6.26. The highest BCUT2D eigenvalue weighted by Crippen LogP contribution is 2.44. The van der Waals surface area contributed by atoms with Crippen molar-refractivity contribution in [1.29, 1.82) is 0 Å². The second-order valence-electron chi connectivity index (χ2n) is 5.07. The summed E-state index contributed by atoms with van der Waals surface area (Å²) in [4.78, 5) is 0. The van der Waals surface area contributed by atoms with Crippen LogP contribution in [0.1, 0.15) is 35.4 Å². The minimum atomic E-state index is -4.24. The van der Waals surface area contributed by atoms with Gasteiger partial charge in [-0.3, -0.25) is 0 Å². The van der Waals surface area contributed by atoms with E-state index >= 15 is 0 Å². The van der Waals surface area contributed by atoms with Gasteiger partial charge in [-0.2, -0.15) is 13.2 Å². The van der Waals surface area contributed by atoms with Crippen LogP contribution >= 0.6 is 0 Å². The Balaban J connectivity index is 2.20. The number of hydrogen-bond donors (Lipinski definition) is 1. The SMILES string of the molecule is CNCC1CCC1c1ccc(C(F)(F)F)cc1C.